The number of rotatable bonds is 4. The van der Waals surface area contributed by atoms with Crippen LogP contribution in [0.15, 0.2) is 36.9 Å². The van der Waals surface area contributed by atoms with Crippen LogP contribution in [0, 0.1) is 5.92 Å². The zero-order chi connectivity index (χ0) is 17.1. The molecule has 1 amide bonds. The number of hydrogen-bond donors (Lipinski definition) is 1. The van der Waals surface area contributed by atoms with Gasteiger partial charge in [-0.1, -0.05) is 13.8 Å². The Hall–Kier alpha value is -2.34. The average molecular weight is 326 g/mol. The Morgan fingerprint density at radius 2 is 1.92 bits per heavy atom. The van der Waals surface area contributed by atoms with E-state index in [1.807, 2.05) is 26.0 Å². The van der Waals surface area contributed by atoms with Crippen molar-refractivity contribution in [1.29, 1.82) is 0 Å². The molecule has 0 aliphatic carbocycles. The minimum Gasteiger partial charge on any atom is -0.391 e. The molecule has 0 aromatic carbocycles. The van der Waals surface area contributed by atoms with Gasteiger partial charge in [0.1, 0.15) is 5.82 Å². The summed E-state index contributed by atoms with van der Waals surface area (Å²) in [4.78, 5) is 26.8. The van der Waals surface area contributed by atoms with Crippen molar-refractivity contribution in [2.24, 2.45) is 5.92 Å². The highest BCUT2D eigenvalue weighted by molar-refractivity contribution is 5.93. The predicted octanol–water partition coefficient (Wildman–Crippen LogP) is 1.67. The number of carbonyl (C=O) groups is 1. The van der Waals surface area contributed by atoms with Crippen LogP contribution in [0.5, 0.6) is 0 Å². The van der Waals surface area contributed by atoms with Crippen LogP contribution in [0.1, 0.15) is 41.5 Å². The van der Waals surface area contributed by atoms with Crippen molar-refractivity contribution >= 4 is 5.91 Å². The maximum absolute atomic E-state index is 12.6. The molecule has 0 bridgehead atoms. The number of likely N-dealkylation sites (tertiary alicyclic amines) is 1. The van der Waals surface area contributed by atoms with Gasteiger partial charge in [-0.05, 0) is 24.1 Å². The van der Waals surface area contributed by atoms with Gasteiger partial charge in [-0.25, -0.2) is 9.97 Å². The molecule has 0 saturated carbocycles. The first kappa shape index (κ1) is 16.5. The molecule has 126 valence electrons. The summed E-state index contributed by atoms with van der Waals surface area (Å²) in [6.45, 7) is 4.91. The number of nitrogens with zero attached hydrogens (tertiary/aromatic N) is 4. The monoisotopic (exact) mass is 326 g/mol. The highest BCUT2D eigenvalue weighted by Crippen LogP contribution is 2.23. The van der Waals surface area contributed by atoms with Gasteiger partial charge in [0.25, 0.3) is 5.91 Å². The quantitative estimate of drug-likeness (QED) is 0.924. The highest BCUT2D eigenvalue weighted by Gasteiger charge is 2.34. The number of amides is 1. The van der Waals surface area contributed by atoms with Crippen LogP contribution >= 0.6 is 0 Å². The number of pyridine rings is 1. The third kappa shape index (κ3) is 3.59. The predicted molar refractivity (Wildman–Crippen MR) is 89.5 cm³/mol. The molecule has 24 heavy (non-hydrogen) atoms. The second-order valence-electron chi connectivity index (χ2n) is 6.58. The van der Waals surface area contributed by atoms with E-state index in [4.69, 9.17) is 0 Å². The molecule has 1 aliphatic heterocycles. The Balaban J connectivity index is 1.66. The Morgan fingerprint density at radius 1 is 1.25 bits per heavy atom. The number of aliphatic hydroxyl groups excluding tert-OH is 1. The van der Waals surface area contributed by atoms with Crippen LogP contribution in [-0.4, -0.2) is 50.1 Å². The number of aromatic nitrogens is 3. The number of aliphatic hydroxyl groups is 1. The minimum absolute atomic E-state index is 0.0344. The summed E-state index contributed by atoms with van der Waals surface area (Å²) < 4.78 is 0. The molecule has 1 fully saturated rings. The summed E-state index contributed by atoms with van der Waals surface area (Å²) in [7, 11) is 0. The average Bonchev–Trinajstić information content (AvgIpc) is 2.96. The summed E-state index contributed by atoms with van der Waals surface area (Å²) in [6.07, 6.45) is 6.86. The third-order valence-corrected chi connectivity index (χ3v) is 4.38. The van der Waals surface area contributed by atoms with Crippen LogP contribution < -0.4 is 0 Å². The van der Waals surface area contributed by atoms with E-state index in [0.717, 1.165) is 17.8 Å². The minimum atomic E-state index is -0.516. The Morgan fingerprint density at radius 3 is 2.54 bits per heavy atom. The molecule has 2 aromatic heterocycles. The number of carbonyl (C=O) groups excluding carboxylic acids is 1. The van der Waals surface area contributed by atoms with E-state index in [-0.39, 0.29) is 17.7 Å². The fourth-order valence-electron chi connectivity index (χ4n) is 2.97. The van der Waals surface area contributed by atoms with Crippen molar-refractivity contribution in [3.63, 3.8) is 0 Å². The van der Waals surface area contributed by atoms with Crippen LogP contribution in [0.3, 0.4) is 0 Å². The molecule has 0 radical (unpaired) electrons. The zero-order valence-electron chi connectivity index (χ0n) is 14.0. The molecule has 6 heteroatoms. The van der Waals surface area contributed by atoms with Gasteiger partial charge in [0.15, 0.2) is 0 Å². The lowest BCUT2D eigenvalue weighted by Gasteiger charge is -2.16. The van der Waals surface area contributed by atoms with Crippen molar-refractivity contribution in [2.45, 2.75) is 32.3 Å². The summed E-state index contributed by atoms with van der Waals surface area (Å²) in [6, 6.07) is 3.88. The van der Waals surface area contributed by atoms with Gasteiger partial charge in [0.05, 0.1) is 11.7 Å². The lowest BCUT2D eigenvalue weighted by atomic mass is 9.97. The second kappa shape index (κ2) is 7.05. The van der Waals surface area contributed by atoms with Gasteiger partial charge in [0.2, 0.25) is 0 Å². The summed E-state index contributed by atoms with van der Waals surface area (Å²) >= 11 is 0. The van der Waals surface area contributed by atoms with E-state index < -0.39 is 6.10 Å². The topological polar surface area (TPSA) is 79.2 Å². The van der Waals surface area contributed by atoms with E-state index in [0.29, 0.717) is 18.7 Å². The molecule has 1 saturated heterocycles. The SMILES string of the molecule is CC(C)c1ncc(C(=O)N2C[C@@H](Cc3ccncc3)[C@@H](O)C2)cn1. The maximum atomic E-state index is 12.6. The molecule has 1 N–H and O–H groups in total. The van der Waals surface area contributed by atoms with E-state index in [1.54, 1.807) is 29.7 Å². The first-order chi connectivity index (χ1) is 11.5. The molecule has 2 atom stereocenters. The van der Waals surface area contributed by atoms with E-state index >= 15 is 0 Å². The first-order valence-electron chi connectivity index (χ1n) is 8.22. The number of β-amino-alcohol motifs (C(OH)–C–C–N with tert-alkyl or cyclic N) is 1. The van der Waals surface area contributed by atoms with E-state index in [9.17, 15) is 9.90 Å². The fourth-order valence-corrected chi connectivity index (χ4v) is 2.97. The largest absolute Gasteiger partial charge is 0.391 e. The van der Waals surface area contributed by atoms with E-state index in [1.165, 1.54) is 0 Å². The molecule has 1 aliphatic rings. The molecule has 3 heterocycles. The standard InChI is InChI=1S/C18H22N4O2/c1-12(2)17-20-8-15(9-21-17)18(24)22-10-14(16(23)11-22)7-13-3-5-19-6-4-13/h3-6,8-9,12,14,16,23H,7,10-11H2,1-2H3/t14-,16+/m1/s1. The Kier molecular flexibility index (Phi) is 4.85. The lowest BCUT2D eigenvalue weighted by Crippen LogP contribution is -2.30. The molecule has 0 spiro atoms. The normalized spacial score (nSPS) is 20.6. The molecule has 2 aromatic rings. The maximum Gasteiger partial charge on any atom is 0.257 e. The van der Waals surface area contributed by atoms with Crippen molar-refractivity contribution in [3.8, 4) is 0 Å². The van der Waals surface area contributed by atoms with Gasteiger partial charge >= 0.3 is 0 Å². The highest BCUT2D eigenvalue weighted by atomic mass is 16.3. The second-order valence-corrected chi connectivity index (χ2v) is 6.58. The molecule has 6 nitrogen and oxygen atoms in total. The molecule has 0 unspecified atom stereocenters. The molecule has 3 rings (SSSR count). The van der Waals surface area contributed by atoms with Gasteiger partial charge in [0, 0.05) is 49.7 Å². The summed E-state index contributed by atoms with van der Waals surface area (Å²) in [5.41, 5.74) is 1.59. The summed E-state index contributed by atoms with van der Waals surface area (Å²) in [5.74, 6) is 0.866. The third-order valence-electron chi connectivity index (χ3n) is 4.38. The lowest BCUT2D eigenvalue weighted by molar-refractivity contribution is 0.0763. The van der Waals surface area contributed by atoms with Crippen molar-refractivity contribution in [3.05, 3.63) is 53.9 Å². The van der Waals surface area contributed by atoms with Crippen LogP contribution in [-0.2, 0) is 6.42 Å². The van der Waals surface area contributed by atoms with Crippen LogP contribution in [0.2, 0.25) is 0 Å². The zero-order valence-corrected chi connectivity index (χ0v) is 14.0. The Labute approximate surface area is 141 Å². The molecular weight excluding hydrogens is 304 g/mol. The van der Waals surface area contributed by atoms with Gasteiger partial charge in [-0.15, -0.1) is 0 Å². The van der Waals surface area contributed by atoms with Crippen molar-refractivity contribution in [1.82, 2.24) is 19.9 Å². The van der Waals surface area contributed by atoms with Crippen LogP contribution in [0.25, 0.3) is 0 Å². The van der Waals surface area contributed by atoms with Gasteiger partial charge in [-0.3, -0.25) is 9.78 Å². The Bertz CT molecular complexity index is 688. The van der Waals surface area contributed by atoms with E-state index in [2.05, 4.69) is 15.0 Å². The fraction of sp³-hybridized carbons (Fsp3) is 0.444. The summed E-state index contributed by atoms with van der Waals surface area (Å²) in [5, 5.41) is 10.3. The molecular formula is C18H22N4O2. The van der Waals surface area contributed by atoms with Crippen molar-refractivity contribution in [2.75, 3.05) is 13.1 Å². The van der Waals surface area contributed by atoms with Crippen molar-refractivity contribution < 1.29 is 9.90 Å². The van der Waals surface area contributed by atoms with Gasteiger partial charge < -0.3 is 10.0 Å². The smallest absolute Gasteiger partial charge is 0.257 e. The van der Waals surface area contributed by atoms with Gasteiger partial charge in [-0.2, -0.15) is 0 Å². The first-order valence-corrected chi connectivity index (χ1v) is 8.22. The van der Waals surface area contributed by atoms with Crippen LogP contribution in [0.4, 0.5) is 0 Å². The number of hydrogen-bond acceptors (Lipinski definition) is 5.